The van der Waals surface area contributed by atoms with Crippen LogP contribution in [0.4, 0.5) is 5.69 Å². The van der Waals surface area contributed by atoms with E-state index in [4.69, 9.17) is 24.7 Å². The summed E-state index contributed by atoms with van der Waals surface area (Å²) in [7, 11) is 6.17. The van der Waals surface area contributed by atoms with Crippen molar-refractivity contribution in [2.24, 2.45) is 17.1 Å². The van der Waals surface area contributed by atoms with Crippen molar-refractivity contribution in [3.05, 3.63) is 82.1 Å². The average molecular weight is 818 g/mol. The van der Waals surface area contributed by atoms with Crippen LogP contribution in [0.5, 0.6) is 5.75 Å². The second-order valence-electron chi connectivity index (χ2n) is 17.7. The number of likely N-dealkylation sites (N-methyl/N-ethyl adjacent to an activating group) is 1. The standard InChI is InChI=1S/C47H55N5O8/c1-8-28-19-30-23-46(42(54)58-6,38-32(26-51(24-28)25-30)31-20-29(13-16-48)11-12-35(31)49-38)34-21-33-36(22-37(34)57-5)50(4)40-45(33)15-18-52-17-10-14-44(9-2,39(45)52)41(60-27(3)53)47(40,56)43(55)59-7/h10-12,14,19-22,30,39-41,49,56H,8-9,15,17-18,23-26,48H2,1-7H3/t30-,39+,40-,41-,44-,45-,46+,47+/m1/s1. The quantitative estimate of drug-likeness (QED) is 0.104. The molecule has 1 saturated carbocycles. The van der Waals surface area contributed by atoms with Crippen molar-refractivity contribution in [2.75, 3.05) is 59.5 Å². The van der Waals surface area contributed by atoms with Gasteiger partial charge in [-0.05, 0) is 79.5 Å². The fraction of sp³-hybridized carbons (Fsp3) is 0.511. The highest BCUT2D eigenvalue weighted by Crippen LogP contribution is 2.68. The monoisotopic (exact) mass is 817 g/mol. The third kappa shape index (κ3) is 5.13. The molecule has 6 heterocycles. The molecule has 1 saturated heterocycles. The van der Waals surface area contributed by atoms with Crippen LogP contribution in [0.1, 0.15) is 74.4 Å². The predicted molar refractivity (Wildman–Crippen MR) is 225 cm³/mol. The van der Waals surface area contributed by atoms with Crippen LogP contribution >= 0.6 is 0 Å². The predicted octanol–water partition coefficient (Wildman–Crippen LogP) is 4.02. The van der Waals surface area contributed by atoms with E-state index in [-0.39, 0.29) is 12.0 Å². The van der Waals surface area contributed by atoms with Gasteiger partial charge in [0.05, 0.1) is 27.4 Å². The maximum absolute atomic E-state index is 15.3. The molecular formula is C47H55N5O8. The number of anilines is 1. The number of benzene rings is 2. The van der Waals surface area contributed by atoms with Crippen LogP contribution in [0, 0.1) is 23.3 Å². The summed E-state index contributed by atoms with van der Waals surface area (Å²) in [6.07, 6.45) is 7.50. The number of nitrogens with zero attached hydrogens (tertiary/aromatic N) is 3. The highest BCUT2D eigenvalue weighted by atomic mass is 16.6. The first kappa shape index (κ1) is 40.1. The molecule has 2 aromatic carbocycles. The molecule has 60 heavy (non-hydrogen) atoms. The molecule has 1 unspecified atom stereocenters. The highest BCUT2D eigenvalue weighted by molar-refractivity contribution is 5.95. The Hall–Kier alpha value is -5.29. The van der Waals surface area contributed by atoms with Gasteiger partial charge in [0.1, 0.15) is 11.2 Å². The van der Waals surface area contributed by atoms with Gasteiger partial charge in [0.15, 0.2) is 6.10 Å². The molecular weight excluding hydrogens is 763 g/mol. The Balaban J connectivity index is 1.37. The summed E-state index contributed by atoms with van der Waals surface area (Å²) >= 11 is 0. The summed E-state index contributed by atoms with van der Waals surface area (Å²) in [4.78, 5) is 53.3. The van der Waals surface area contributed by atoms with Gasteiger partial charge in [-0.2, -0.15) is 0 Å². The molecule has 4 N–H and O–H groups in total. The first-order chi connectivity index (χ1) is 28.8. The average Bonchev–Trinajstić information content (AvgIpc) is 3.89. The Bertz CT molecular complexity index is 2450. The highest BCUT2D eigenvalue weighted by Gasteiger charge is 2.80. The maximum Gasteiger partial charge on any atom is 0.344 e. The minimum absolute atomic E-state index is 0.0145. The summed E-state index contributed by atoms with van der Waals surface area (Å²) in [5.41, 5.74) is 7.00. The number of ether oxygens (including phenoxy) is 4. The molecule has 2 bridgehead atoms. The van der Waals surface area contributed by atoms with Gasteiger partial charge in [0.25, 0.3) is 0 Å². The number of methoxy groups -OCH3 is 3. The van der Waals surface area contributed by atoms with Crippen LogP contribution in [0.15, 0.2) is 54.1 Å². The van der Waals surface area contributed by atoms with E-state index >= 15 is 4.79 Å². The zero-order chi connectivity index (χ0) is 42.5. The number of aromatic nitrogens is 1. The number of esters is 3. The molecule has 1 spiro atoms. The van der Waals surface area contributed by atoms with Gasteiger partial charge in [0.2, 0.25) is 5.60 Å². The minimum atomic E-state index is -2.30. The normalized spacial score (nSPS) is 33.5. The Kier molecular flexibility index (Phi) is 9.46. The lowest BCUT2D eigenvalue weighted by molar-refractivity contribution is -0.228. The summed E-state index contributed by atoms with van der Waals surface area (Å²) in [5.74, 6) is 1.56. The van der Waals surface area contributed by atoms with Gasteiger partial charge in [-0.3, -0.25) is 19.4 Å². The molecule has 13 nitrogen and oxygen atoms in total. The largest absolute Gasteiger partial charge is 0.496 e. The van der Waals surface area contributed by atoms with E-state index in [1.165, 1.54) is 26.7 Å². The van der Waals surface area contributed by atoms with E-state index in [9.17, 15) is 14.7 Å². The number of carbonyl (C=O) groups is 3. The number of hydrogen-bond acceptors (Lipinski definition) is 12. The molecule has 5 aliphatic heterocycles. The van der Waals surface area contributed by atoms with Crippen LogP contribution < -0.4 is 15.4 Å². The zero-order valence-corrected chi connectivity index (χ0v) is 35.5. The number of aliphatic hydroxyl groups is 1. The zero-order valence-electron chi connectivity index (χ0n) is 35.5. The third-order valence-corrected chi connectivity index (χ3v) is 15.1. The number of fused-ring (bicyclic) bond motifs is 6. The molecule has 13 heteroatoms. The molecule has 9 rings (SSSR count). The van der Waals surface area contributed by atoms with Crippen molar-refractivity contribution in [3.8, 4) is 17.7 Å². The fourth-order valence-corrected chi connectivity index (χ4v) is 13.1. The molecule has 0 amide bonds. The van der Waals surface area contributed by atoms with Crippen LogP contribution in [0.3, 0.4) is 0 Å². The van der Waals surface area contributed by atoms with Crippen LogP contribution in [-0.4, -0.2) is 116 Å². The molecule has 0 radical (unpaired) electrons. The van der Waals surface area contributed by atoms with E-state index in [0.29, 0.717) is 50.2 Å². The van der Waals surface area contributed by atoms with Crippen molar-refractivity contribution in [3.63, 3.8) is 0 Å². The molecule has 2 fully saturated rings. The molecule has 3 aromatic rings. The van der Waals surface area contributed by atoms with Crippen molar-refractivity contribution in [2.45, 2.75) is 87.6 Å². The number of rotatable bonds is 7. The Morgan fingerprint density at radius 1 is 1.03 bits per heavy atom. The summed E-state index contributed by atoms with van der Waals surface area (Å²) < 4.78 is 23.9. The van der Waals surface area contributed by atoms with Crippen LogP contribution in [0.2, 0.25) is 0 Å². The molecule has 9 atom stereocenters. The van der Waals surface area contributed by atoms with Crippen molar-refractivity contribution < 1.29 is 38.4 Å². The number of nitrogens with two attached hydrogens (primary N) is 1. The molecule has 1 aliphatic carbocycles. The van der Waals surface area contributed by atoms with Crippen LogP contribution in [-0.2, 0) is 46.0 Å². The summed E-state index contributed by atoms with van der Waals surface area (Å²) in [6, 6.07) is 11.3. The lowest BCUT2D eigenvalue weighted by Crippen LogP contribution is -2.81. The van der Waals surface area contributed by atoms with Gasteiger partial charge in [-0.1, -0.05) is 37.6 Å². The summed E-state index contributed by atoms with van der Waals surface area (Å²) in [5, 5.41) is 14.3. The molecule has 316 valence electrons. The first-order valence-corrected chi connectivity index (χ1v) is 21.0. The first-order valence-electron chi connectivity index (χ1n) is 21.0. The van der Waals surface area contributed by atoms with Crippen LogP contribution in [0.25, 0.3) is 10.9 Å². The Labute approximate surface area is 350 Å². The van der Waals surface area contributed by atoms with Crippen molar-refractivity contribution in [1.82, 2.24) is 14.8 Å². The smallest absolute Gasteiger partial charge is 0.344 e. The Morgan fingerprint density at radius 2 is 1.82 bits per heavy atom. The molecule has 1 aromatic heterocycles. The van der Waals surface area contributed by atoms with Gasteiger partial charge in [-0.25, -0.2) is 4.79 Å². The minimum Gasteiger partial charge on any atom is -0.496 e. The molecule has 6 aliphatic rings. The number of hydrogen-bond donors (Lipinski definition) is 3. The van der Waals surface area contributed by atoms with Gasteiger partial charge in [0, 0.05) is 103 Å². The van der Waals surface area contributed by atoms with E-state index in [1.54, 1.807) is 7.11 Å². The Morgan fingerprint density at radius 3 is 2.50 bits per heavy atom. The van der Waals surface area contributed by atoms with Gasteiger partial charge >= 0.3 is 17.9 Å². The van der Waals surface area contributed by atoms with Crippen molar-refractivity contribution in [1.29, 1.82) is 0 Å². The van der Waals surface area contributed by atoms with E-state index in [2.05, 4.69) is 58.0 Å². The number of carbonyl (C=O) groups excluding carboxylic acids is 3. The van der Waals surface area contributed by atoms with Crippen molar-refractivity contribution >= 4 is 34.5 Å². The van der Waals surface area contributed by atoms with E-state index in [1.807, 2.05) is 43.1 Å². The third-order valence-electron chi connectivity index (χ3n) is 15.1. The fourth-order valence-electron chi connectivity index (χ4n) is 13.1. The maximum atomic E-state index is 15.3. The van der Waals surface area contributed by atoms with Gasteiger partial charge in [-0.15, -0.1) is 0 Å². The van der Waals surface area contributed by atoms with E-state index < -0.39 is 51.9 Å². The lowest BCUT2D eigenvalue weighted by atomic mass is 9.47. The number of H-pyrrole nitrogens is 1. The SMILES string of the molecule is CCC1=C[C@H]2CN(C1)Cc1c([nH]c3ccc(C#CN)cc13)[C@@](C(=O)OC)(c1cc3c(cc1OC)N(C)[C@H]1[C@@](O)(C(=O)OC)[C@H](OC(C)=O)[C@]4(CC)C=CCN5CC[C@]31[C@@H]54)C2. The number of aromatic amines is 1. The van der Waals surface area contributed by atoms with Gasteiger partial charge < -0.3 is 39.7 Å². The summed E-state index contributed by atoms with van der Waals surface area (Å²) in [6.45, 7) is 8.95. The van der Waals surface area contributed by atoms with E-state index in [0.717, 1.165) is 58.5 Å². The second kappa shape index (κ2) is 14.1. The second-order valence-corrected chi connectivity index (χ2v) is 17.7. The topological polar surface area (TPSA) is 160 Å². The lowest BCUT2D eigenvalue weighted by Gasteiger charge is -2.63. The number of nitrogens with one attached hydrogen (secondary N) is 1.